The van der Waals surface area contributed by atoms with Crippen molar-refractivity contribution in [3.8, 4) is 11.4 Å². The van der Waals surface area contributed by atoms with Gasteiger partial charge < -0.3 is 15.0 Å². The maximum absolute atomic E-state index is 13.3. The van der Waals surface area contributed by atoms with E-state index in [0.29, 0.717) is 16.8 Å². The van der Waals surface area contributed by atoms with Crippen molar-refractivity contribution < 1.29 is 29.3 Å². The van der Waals surface area contributed by atoms with Crippen LogP contribution in [-0.4, -0.2) is 36.8 Å². The number of benzene rings is 2. The van der Waals surface area contributed by atoms with Gasteiger partial charge in [0, 0.05) is 27.9 Å². The van der Waals surface area contributed by atoms with E-state index < -0.39 is 26.6 Å². The molecule has 0 radical (unpaired) electrons. The molecule has 0 saturated heterocycles. The molecule has 2 aromatic heterocycles. The molecule has 0 unspecified atom stereocenters. The quantitative estimate of drug-likeness (QED) is 0.232. The Morgan fingerprint density at radius 1 is 1.05 bits per heavy atom. The number of aliphatic hydroxyl groups excluding tert-OH is 1. The van der Waals surface area contributed by atoms with Crippen LogP contribution < -0.4 is 10.9 Å². The number of anilines is 1. The predicted octanol–water partition coefficient (Wildman–Crippen LogP) is 6.31. The van der Waals surface area contributed by atoms with Gasteiger partial charge in [-0.2, -0.15) is 9.50 Å². The third kappa shape index (κ3) is 5.45. The number of nitrogens with zero attached hydrogens (tertiary/aromatic N) is 4. The van der Waals surface area contributed by atoms with E-state index in [-0.39, 0.29) is 53.9 Å². The topological polar surface area (TPSA) is 102 Å². The second-order valence-corrected chi connectivity index (χ2v) is 13.2. The zero-order valence-electron chi connectivity index (χ0n) is 22.4. The van der Waals surface area contributed by atoms with Crippen LogP contribution >= 0.6 is 10.2 Å². The molecule has 1 saturated carbocycles. The van der Waals surface area contributed by atoms with E-state index in [1.807, 2.05) is 26.0 Å². The lowest BCUT2D eigenvalue weighted by molar-refractivity contribution is -0.116. The number of amides is 1. The van der Waals surface area contributed by atoms with Crippen LogP contribution in [-0.2, 0) is 16.8 Å². The van der Waals surface area contributed by atoms with Crippen molar-refractivity contribution in [1.82, 2.24) is 19.2 Å². The van der Waals surface area contributed by atoms with Gasteiger partial charge in [0.25, 0.3) is 5.56 Å². The van der Waals surface area contributed by atoms with Crippen molar-refractivity contribution in [3.05, 3.63) is 75.7 Å². The number of nitrogens with one attached hydrogen (secondary N) is 1. The molecule has 0 bridgehead atoms. The smallest absolute Gasteiger partial charge is 0.310 e. The molecule has 0 atom stereocenters. The Balaban J connectivity index is 1.48. The Labute approximate surface area is 231 Å². The van der Waals surface area contributed by atoms with E-state index in [9.17, 15) is 34.1 Å². The molecule has 0 aliphatic heterocycles. The fraction of sp³-hybridized carbons (Fsp3) is 0.333. The molecule has 2 heterocycles. The van der Waals surface area contributed by atoms with Gasteiger partial charge in [-0.1, -0.05) is 57.5 Å². The molecule has 220 valence electrons. The van der Waals surface area contributed by atoms with Crippen LogP contribution in [0.3, 0.4) is 0 Å². The molecule has 1 amide bonds. The van der Waals surface area contributed by atoms with Crippen molar-refractivity contribution in [3.63, 3.8) is 0 Å². The van der Waals surface area contributed by atoms with E-state index in [4.69, 9.17) is 0 Å². The summed E-state index contributed by atoms with van der Waals surface area (Å²) >= 11 is 0. The van der Waals surface area contributed by atoms with Gasteiger partial charge in [-0.15, -0.1) is 5.10 Å². The van der Waals surface area contributed by atoms with E-state index >= 15 is 0 Å². The first-order valence-electron chi connectivity index (χ1n) is 12.8. The summed E-state index contributed by atoms with van der Waals surface area (Å²) < 4.78 is 67.7. The van der Waals surface area contributed by atoms with Crippen molar-refractivity contribution in [2.45, 2.75) is 56.4 Å². The highest BCUT2D eigenvalue weighted by Gasteiger charge is 2.65. The molecule has 2 aromatic carbocycles. The second-order valence-electron chi connectivity index (χ2n) is 10.7. The largest absolute Gasteiger partial charge is 0.395 e. The number of halogens is 5. The fourth-order valence-electron chi connectivity index (χ4n) is 4.96. The van der Waals surface area contributed by atoms with Crippen molar-refractivity contribution in [1.29, 1.82) is 0 Å². The third-order valence-electron chi connectivity index (χ3n) is 7.42. The summed E-state index contributed by atoms with van der Waals surface area (Å²) in [4.78, 5) is 28.7. The summed E-state index contributed by atoms with van der Waals surface area (Å²) in [6.07, 6.45) is 1.79. The minimum Gasteiger partial charge on any atom is -0.395 e. The molecule has 8 nitrogen and oxygen atoms in total. The van der Waals surface area contributed by atoms with Gasteiger partial charge in [0.15, 0.2) is 5.82 Å². The summed E-state index contributed by atoms with van der Waals surface area (Å²) in [6, 6.07) is 9.31. The zero-order valence-corrected chi connectivity index (χ0v) is 23.2. The summed E-state index contributed by atoms with van der Waals surface area (Å²) in [6.45, 7) is 4.95. The average Bonchev–Trinajstić information content (AvgIpc) is 3.56. The molecular weight excluding hydrogens is 569 g/mol. The predicted molar refractivity (Wildman–Crippen MR) is 146 cm³/mol. The minimum absolute atomic E-state index is 0.0536. The third-order valence-corrected chi connectivity index (χ3v) is 8.59. The number of rotatable bonds is 8. The van der Waals surface area contributed by atoms with E-state index in [1.54, 1.807) is 19.1 Å². The van der Waals surface area contributed by atoms with Crippen LogP contribution in [0.25, 0.3) is 17.2 Å². The standard InChI is InChI=1S/C27H28F5N5O3S/c1-16(2)23-17(3)36(14-22(39)33-20-8-10-21(11-9-20)41(28,29,30,31)32)26-34-24(35-37(26)25(23)40)18-4-6-19(7-5-18)27(15-38)12-13-27/h4-11,16,38H,12-15H2,1-3H3,(H,33,39). The highest BCUT2D eigenvalue weighted by Crippen LogP contribution is 3.02. The lowest BCUT2D eigenvalue weighted by Crippen LogP contribution is -2.29. The van der Waals surface area contributed by atoms with Gasteiger partial charge in [-0.3, -0.25) is 9.59 Å². The first kappa shape index (κ1) is 28.7. The summed E-state index contributed by atoms with van der Waals surface area (Å²) in [5.41, 5.74) is 1.74. The van der Waals surface area contributed by atoms with Crippen LogP contribution in [0.5, 0.6) is 0 Å². The van der Waals surface area contributed by atoms with Crippen molar-refractivity contribution >= 4 is 27.6 Å². The minimum atomic E-state index is -9.84. The number of aromatic nitrogens is 4. The SMILES string of the molecule is Cc1c(C(C)C)c(=O)n2nc(-c3ccc(C4(CO)CC4)cc3)nc2n1CC(=O)Nc1ccc(S(F)(F)(F)(F)F)cc1. The lowest BCUT2D eigenvalue weighted by atomic mass is 9.96. The molecule has 0 spiro atoms. The molecule has 41 heavy (non-hydrogen) atoms. The number of fused-ring (bicyclic) bond motifs is 1. The van der Waals surface area contributed by atoms with Crippen LogP contribution in [0, 0.1) is 6.92 Å². The van der Waals surface area contributed by atoms with Gasteiger partial charge in [0.2, 0.25) is 11.7 Å². The highest BCUT2D eigenvalue weighted by molar-refractivity contribution is 8.45. The molecule has 2 N–H and O–H groups in total. The fourth-order valence-corrected chi connectivity index (χ4v) is 5.61. The Kier molecular flexibility index (Phi) is 6.21. The van der Waals surface area contributed by atoms with Crippen LogP contribution in [0.2, 0.25) is 0 Å². The van der Waals surface area contributed by atoms with Crippen LogP contribution in [0.4, 0.5) is 25.1 Å². The highest BCUT2D eigenvalue weighted by atomic mass is 32.5. The first-order valence-corrected chi connectivity index (χ1v) is 14.7. The number of aliphatic hydroxyl groups is 1. The molecule has 1 aliphatic carbocycles. The normalized spacial score (nSPS) is 16.4. The number of hydrogen-bond acceptors (Lipinski definition) is 5. The number of carbonyl (C=O) groups is 1. The maximum atomic E-state index is 13.3. The van der Waals surface area contributed by atoms with E-state index in [1.165, 1.54) is 4.57 Å². The Hall–Kier alpha value is -3.78. The van der Waals surface area contributed by atoms with Crippen molar-refractivity contribution in [2.24, 2.45) is 0 Å². The molecule has 5 rings (SSSR count). The van der Waals surface area contributed by atoms with Crippen molar-refractivity contribution in [2.75, 3.05) is 11.9 Å². The van der Waals surface area contributed by atoms with Gasteiger partial charge >= 0.3 is 10.2 Å². The summed E-state index contributed by atoms with van der Waals surface area (Å²) in [7, 11) is -9.84. The molecule has 14 heteroatoms. The van der Waals surface area contributed by atoms with Gasteiger partial charge in [-0.05, 0) is 55.5 Å². The van der Waals surface area contributed by atoms with Gasteiger partial charge in [-0.25, -0.2) is 0 Å². The number of hydrogen-bond donors (Lipinski definition) is 2. The van der Waals surface area contributed by atoms with Crippen LogP contribution in [0.15, 0.2) is 58.2 Å². The first-order chi connectivity index (χ1) is 18.9. The second kappa shape index (κ2) is 8.86. The molecule has 1 aliphatic rings. The summed E-state index contributed by atoms with van der Waals surface area (Å²) in [5.74, 6) is -0.595. The van der Waals surface area contributed by atoms with E-state index in [0.717, 1.165) is 35.1 Å². The monoisotopic (exact) mass is 597 g/mol. The van der Waals surface area contributed by atoms with Gasteiger partial charge in [0.05, 0.1) is 6.61 Å². The Bertz CT molecular complexity index is 1730. The van der Waals surface area contributed by atoms with E-state index in [2.05, 4.69) is 15.4 Å². The maximum Gasteiger partial charge on any atom is 0.310 e. The van der Waals surface area contributed by atoms with Gasteiger partial charge in [0.1, 0.15) is 11.4 Å². The Morgan fingerprint density at radius 3 is 2.17 bits per heavy atom. The zero-order chi connectivity index (χ0) is 30.0. The van der Waals surface area contributed by atoms with Crippen LogP contribution in [0.1, 0.15) is 49.4 Å². The molecular formula is C27H28F5N5O3S. The Morgan fingerprint density at radius 2 is 1.66 bits per heavy atom. The molecule has 4 aromatic rings. The molecule has 1 fully saturated rings. The number of carbonyl (C=O) groups excluding carboxylic acids is 1. The summed E-state index contributed by atoms with van der Waals surface area (Å²) in [5, 5.41) is 16.5. The lowest BCUT2D eigenvalue weighted by Gasteiger charge is -2.40. The average molecular weight is 598 g/mol.